The fourth-order valence-electron chi connectivity index (χ4n) is 7.36. The predicted molar refractivity (Wildman–Crippen MR) is 129 cm³/mol. The number of amides is 1. The van der Waals surface area contributed by atoms with Crippen molar-refractivity contribution in [3.05, 3.63) is 28.8 Å². The number of fused-ring (bicyclic) bond motifs is 5. The average Bonchev–Trinajstić information content (AvgIpc) is 3.04. The Morgan fingerprint density at radius 1 is 1.30 bits per heavy atom. The fraction of sp³-hybridized carbons (Fsp3) is 0.714. The summed E-state index contributed by atoms with van der Waals surface area (Å²) in [6.45, 7) is 5.46. The Bertz CT molecular complexity index is 881. The van der Waals surface area contributed by atoms with Gasteiger partial charge in [-0.3, -0.25) is 9.59 Å². The first-order valence-electron chi connectivity index (χ1n) is 13.0. The molecule has 182 valence electrons. The summed E-state index contributed by atoms with van der Waals surface area (Å²) in [7, 11) is 1.63. The molecule has 3 aliphatic rings. The van der Waals surface area contributed by atoms with Gasteiger partial charge in [0.15, 0.2) is 0 Å². The van der Waals surface area contributed by atoms with Crippen LogP contribution in [0.4, 0.5) is 0 Å². The summed E-state index contributed by atoms with van der Waals surface area (Å²) >= 11 is 0. The van der Waals surface area contributed by atoms with Gasteiger partial charge in [0.2, 0.25) is 5.91 Å². The number of phenols is 1. The minimum atomic E-state index is -0.201. The zero-order chi connectivity index (χ0) is 23.6. The molecule has 2 saturated carbocycles. The molecule has 33 heavy (non-hydrogen) atoms. The van der Waals surface area contributed by atoms with Crippen molar-refractivity contribution in [1.29, 1.82) is 0 Å². The summed E-state index contributed by atoms with van der Waals surface area (Å²) in [5.74, 6) is 2.80. The van der Waals surface area contributed by atoms with Gasteiger partial charge in [-0.1, -0.05) is 26.3 Å². The third-order valence-electron chi connectivity index (χ3n) is 8.89. The molecule has 2 fully saturated rings. The van der Waals surface area contributed by atoms with Crippen molar-refractivity contribution in [3.8, 4) is 5.75 Å². The van der Waals surface area contributed by atoms with Crippen molar-refractivity contribution in [2.75, 3.05) is 20.3 Å². The van der Waals surface area contributed by atoms with E-state index in [1.807, 2.05) is 6.07 Å². The molecule has 0 aromatic heterocycles. The lowest BCUT2D eigenvalue weighted by Gasteiger charge is -2.50. The number of ether oxygens (including phenoxy) is 1. The normalized spacial score (nSPS) is 30.5. The van der Waals surface area contributed by atoms with Crippen molar-refractivity contribution in [3.63, 3.8) is 0 Å². The molecule has 2 N–H and O–H groups in total. The van der Waals surface area contributed by atoms with Crippen LogP contribution < -0.4 is 5.32 Å². The molecule has 1 aromatic rings. The van der Waals surface area contributed by atoms with Gasteiger partial charge in [0, 0.05) is 31.9 Å². The number of aromatic hydroxyl groups is 1. The number of rotatable bonds is 9. The number of hydrogen-bond acceptors (Lipinski definition) is 4. The number of hydrogen-bond donors (Lipinski definition) is 2. The second-order valence-electron chi connectivity index (χ2n) is 10.8. The SMILES string of the molecule is CCCc1cc2c(cc1O)CCC1[C@@H]2CCC2(C)C(=O)C[C@@H](CCCC(=O)NCCOC)[C@@H]12. The van der Waals surface area contributed by atoms with E-state index in [-0.39, 0.29) is 11.3 Å². The van der Waals surface area contributed by atoms with Crippen LogP contribution in [0.15, 0.2) is 12.1 Å². The zero-order valence-electron chi connectivity index (χ0n) is 20.6. The summed E-state index contributed by atoms with van der Waals surface area (Å²) in [4.78, 5) is 25.3. The van der Waals surface area contributed by atoms with Crippen LogP contribution >= 0.6 is 0 Å². The first-order chi connectivity index (χ1) is 15.9. The molecule has 5 nitrogen and oxygen atoms in total. The van der Waals surface area contributed by atoms with Crippen LogP contribution in [0.5, 0.6) is 5.75 Å². The molecule has 5 heteroatoms. The van der Waals surface area contributed by atoms with Gasteiger partial charge in [-0.05, 0) is 91.4 Å². The van der Waals surface area contributed by atoms with E-state index in [0.29, 0.717) is 61.2 Å². The first kappa shape index (κ1) is 24.3. The average molecular weight is 456 g/mol. The lowest BCUT2D eigenvalue weighted by molar-refractivity contribution is -0.129. The molecule has 0 radical (unpaired) electrons. The van der Waals surface area contributed by atoms with Gasteiger partial charge in [-0.25, -0.2) is 0 Å². The van der Waals surface area contributed by atoms with E-state index in [0.717, 1.165) is 56.9 Å². The van der Waals surface area contributed by atoms with Gasteiger partial charge in [-0.15, -0.1) is 0 Å². The molecule has 0 heterocycles. The molecule has 3 aliphatic carbocycles. The molecule has 5 atom stereocenters. The molecule has 0 aliphatic heterocycles. The van der Waals surface area contributed by atoms with Crippen LogP contribution in [0, 0.1) is 23.2 Å². The number of Topliss-reactive ketones (excluding diaryl/α,β-unsaturated/α-hetero) is 1. The van der Waals surface area contributed by atoms with Gasteiger partial charge in [0.1, 0.15) is 11.5 Å². The standard InChI is InChI=1S/C28H41NO4/c1-4-6-19-15-23-18(16-24(19)30)9-10-22-21(23)11-12-28(2)25(31)17-20(27(22)28)7-5-8-26(32)29-13-14-33-3/h15-16,20-22,27,30H,4-14,17H2,1-3H3,(H,29,32)/t20-,21+,22?,27+,28?/m1/s1. The molecule has 0 spiro atoms. The van der Waals surface area contributed by atoms with E-state index in [1.165, 1.54) is 11.1 Å². The monoisotopic (exact) mass is 455 g/mol. The van der Waals surface area contributed by atoms with Crippen molar-refractivity contribution < 1.29 is 19.4 Å². The number of carbonyl (C=O) groups is 2. The van der Waals surface area contributed by atoms with E-state index in [9.17, 15) is 14.7 Å². The third kappa shape index (κ3) is 4.71. The largest absolute Gasteiger partial charge is 0.508 e. The third-order valence-corrected chi connectivity index (χ3v) is 8.89. The molecular formula is C28H41NO4. The summed E-state index contributed by atoms with van der Waals surface area (Å²) in [5.41, 5.74) is 3.62. The Labute approximate surface area is 198 Å². The van der Waals surface area contributed by atoms with E-state index in [2.05, 4.69) is 25.2 Å². The highest BCUT2D eigenvalue weighted by Gasteiger charge is 2.58. The van der Waals surface area contributed by atoms with Crippen molar-refractivity contribution in [2.45, 2.75) is 84.0 Å². The summed E-state index contributed by atoms with van der Waals surface area (Å²) < 4.78 is 5.00. The minimum absolute atomic E-state index is 0.0792. The fourth-order valence-corrected chi connectivity index (χ4v) is 7.36. The number of nitrogens with one attached hydrogen (secondary N) is 1. The Hall–Kier alpha value is -1.88. The van der Waals surface area contributed by atoms with E-state index in [1.54, 1.807) is 7.11 Å². The van der Waals surface area contributed by atoms with Crippen LogP contribution in [0.25, 0.3) is 0 Å². The predicted octanol–water partition coefficient (Wildman–Crippen LogP) is 4.93. The van der Waals surface area contributed by atoms with Gasteiger partial charge >= 0.3 is 0 Å². The Morgan fingerprint density at radius 3 is 2.88 bits per heavy atom. The number of phenolic OH excluding ortho intramolecular Hbond substituents is 1. The number of aryl methyl sites for hydroxylation is 2. The highest BCUT2D eigenvalue weighted by molar-refractivity contribution is 5.87. The van der Waals surface area contributed by atoms with E-state index < -0.39 is 0 Å². The quantitative estimate of drug-likeness (QED) is 0.518. The van der Waals surface area contributed by atoms with Gasteiger partial charge in [-0.2, -0.15) is 0 Å². The van der Waals surface area contributed by atoms with Crippen LogP contribution in [0.1, 0.15) is 87.8 Å². The highest BCUT2D eigenvalue weighted by Crippen LogP contribution is 2.62. The van der Waals surface area contributed by atoms with Crippen LogP contribution in [-0.2, 0) is 27.2 Å². The summed E-state index contributed by atoms with van der Waals surface area (Å²) in [5, 5.41) is 13.4. The lowest BCUT2D eigenvalue weighted by atomic mass is 9.54. The Balaban J connectivity index is 1.49. The van der Waals surface area contributed by atoms with Crippen LogP contribution in [0.2, 0.25) is 0 Å². The molecular weight excluding hydrogens is 414 g/mol. The maximum atomic E-state index is 13.2. The zero-order valence-corrected chi connectivity index (χ0v) is 20.6. The highest BCUT2D eigenvalue weighted by atomic mass is 16.5. The van der Waals surface area contributed by atoms with Crippen molar-refractivity contribution in [2.24, 2.45) is 23.2 Å². The second kappa shape index (κ2) is 10.2. The van der Waals surface area contributed by atoms with E-state index in [4.69, 9.17) is 4.74 Å². The number of methoxy groups -OCH3 is 1. The Morgan fingerprint density at radius 2 is 2.12 bits per heavy atom. The number of ketones is 1. The first-order valence-corrected chi connectivity index (χ1v) is 13.0. The molecule has 2 unspecified atom stereocenters. The smallest absolute Gasteiger partial charge is 0.220 e. The molecule has 4 rings (SSSR count). The molecule has 1 aromatic carbocycles. The van der Waals surface area contributed by atoms with Gasteiger partial charge in [0.25, 0.3) is 0 Å². The van der Waals surface area contributed by atoms with E-state index >= 15 is 0 Å². The maximum absolute atomic E-state index is 13.2. The van der Waals surface area contributed by atoms with Crippen molar-refractivity contribution >= 4 is 11.7 Å². The minimum Gasteiger partial charge on any atom is -0.508 e. The Kier molecular flexibility index (Phi) is 7.47. The topological polar surface area (TPSA) is 75.6 Å². The van der Waals surface area contributed by atoms with Gasteiger partial charge in [0.05, 0.1) is 6.61 Å². The van der Waals surface area contributed by atoms with Crippen LogP contribution in [-0.4, -0.2) is 37.1 Å². The maximum Gasteiger partial charge on any atom is 0.220 e. The molecule has 1 amide bonds. The summed E-state index contributed by atoms with van der Waals surface area (Å²) in [6.07, 6.45) is 9.06. The van der Waals surface area contributed by atoms with Crippen molar-refractivity contribution in [1.82, 2.24) is 5.32 Å². The lowest BCUT2D eigenvalue weighted by Crippen LogP contribution is -2.44. The number of carbonyl (C=O) groups excluding carboxylic acids is 2. The van der Waals surface area contributed by atoms with Gasteiger partial charge < -0.3 is 15.2 Å². The summed E-state index contributed by atoms with van der Waals surface area (Å²) in [6, 6.07) is 4.30. The number of benzene rings is 1. The van der Waals surface area contributed by atoms with Crippen LogP contribution in [0.3, 0.4) is 0 Å². The molecule has 0 bridgehead atoms. The molecule has 0 saturated heterocycles. The second-order valence-corrected chi connectivity index (χ2v) is 10.8.